The summed E-state index contributed by atoms with van der Waals surface area (Å²) in [7, 11) is -4.40. The molecule has 8 heteroatoms. The molecule has 0 aliphatic heterocycles. The minimum Gasteiger partial charge on any atom is -0.391 e. The van der Waals surface area contributed by atoms with Gasteiger partial charge in [-0.3, -0.25) is 9.35 Å². The summed E-state index contributed by atoms with van der Waals surface area (Å²) >= 11 is 0. The maximum atomic E-state index is 12.5. The Morgan fingerprint density at radius 2 is 0.955 bits per heavy atom. The number of amides is 1. The third-order valence-corrected chi connectivity index (χ3v) is 9.36. The SMILES string of the molecule is CCCCCCCCCC/C=C\CCCCCCCCC(O)C(=O)NC(CS(=O)(=O)O)C(O)CCCCCCCCCCC. The first kappa shape index (κ1) is 43.0. The highest BCUT2D eigenvalue weighted by Crippen LogP contribution is 2.15. The van der Waals surface area contributed by atoms with Crippen LogP contribution in [0.25, 0.3) is 0 Å². The van der Waals surface area contributed by atoms with Crippen molar-refractivity contribution in [2.24, 2.45) is 0 Å². The van der Waals surface area contributed by atoms with Gasteiger partial charge >= 0.3 is 0 Å². The minimum absolute atomic E-state index is 0.292. The molecule has 0 aromatic carbocycles. The first-order chi connectivity index (χ1) is 21.2. The van der Waals surface area contributed by atoms with Crippen molar-refractivity contribution in [3.63, 3.8) is 0 Å². The topological polar surface area (TPSA) is 124 Å². The second-order valence-electron chi connectivity index (χ2n) is 13.0. The van der Waals surface area contributed by atoms with Gasteiger partial charge in [0, 0.05) is 0 Å². The highest BCUT2D eigenvalue weighted by atomic mass is 32.2. The van der Waals surface area contributed by atoms with E-state index in [2.05, 4.69) is 31.3 Å². The number of aliphatic hydroxyl groups is 2. The number of rotatable bonds is 33. The van der Waals surface area contributed by atoms with E-state index in [4.69, 9.17) is 0 Å². The van der Waals surface area contributed by atoms with Gasteiger partial charge in [0.2, 0.25) is 5.91 Å². The van der Waals surface area contributed by atoms with Gasteiger partial charge in [-0.1, -0.05) is 161 Å². The van der Waals surface area contributed by atoms with E-state index in [1.165, 1.54) is 103 Å². The molecule has 0 aliphatic rings. The zero-order valence-electron chi connectivity index (χ0n) is 28.7. The number of unbranched alkanes of at least 4 members (excludes halogenated alkanes) is 22. The predicted molar refractivity (Wildman–Crippen MR) is 186 cm³/mol. The molecular formula is C36H71NO6S. The summed E-state index contributed by atoms with van der Waals surface area (Å²) in [5.41, 5.74) is 0. The standard InChI is InChI=1S/C36H71NO6S/c1-3-5-7-9-11-13-14-15-16-17-18-19-20-21-23-25-27-29-31-35(39)36(40)37-33(32-44(41,42)43)34(38)30-28-26-24-22-12-10-8-6-4-2/h17-18,33-35,38-39H,3-16,19-32H2,1-2H3,(H,37,40)(H,41,42,43)/b18-17-. The van der Waals surface area contributed by atoms with Gasteiger partial charge < -0.3 is 15.5 Å². The van der Waals surface area contributed by atoms with Crippen LogP contribution >= 0.6 is 0 Å². The Balaban J connectivity index is 3.98. The van der Waals surface area contributed by atoms with Crippen LogP contribution in [0.5, 0.6) is 0 Å². The van der Waals surface area contributed by atoms with E-state index >= 15 is 0 Å². The van der Waals surface area contributed by atoms with Crippen molar-refractivity contribution >= 4 is 16.0 Å². The molecule has 0 saturated carbocycles. The lowest BCUT2D eigenvalue weighted by Crippen LogP contribution is -2.50. The molecule has 7 nitrogen and oxygen atoms in total. The summed E-state index contributed by atoms with van der Waals surface area (Å²) in [6.07, 6.45) is 32.4. The average Bonchev–Trinajstić information content (AvgIpc) is 2.98. The summed E-state index contributed by atoms with van der Waals surface area (Å²) < 4.78 is 32.3. The largest absolute Gasteiger partial charge is 0.391 e. The Morgan fingerprint density at radius 3 is 1.36 bits per heavy atom. The molecule has 44 heavy (non-hydrogen) atoms. The second-order valence-corrected chi connectivity index (χ2v) is 14.5. The van der Waals surface area contributed by atoms with E-state index in [0.29, 0.717) is 25.7 Å². The van der Waals surface area contributed by atoms with Gasteiger partial charge in [-0.25, -0.2) is 0 Å². The molecule has 0 aliphatic carbocycles. The quantitative estimate of drug-likeness (QED) is 0.0320. The first-order valence-electron chi connectivity index (χ1n) is 18.5. The van der Waals surface area contributed by atoms with Gasteiger partial charge in [-0.05, 0) is 38.5 Å². The van der Waals surface area contributed by atoms with E-state index in [1.807, 2.05) is 0 Å². The monoisotopic (exact) mass is 646 g/mol. The molecule has 262 valence electrons. The van der Waals surface area contributed by atoms with Crippen LogP contribution in [0.2, 0.25) is 0 Å². The molecule has 0 aromatic heterocycles. The molecule has 3 unspecified atom stereocenters. The average molecular weight is 646 g/mol. The van der Waals surface area contributed by atoms with E-state index in [0.717, 1.165) is 44.9 Å². The van der Waals surface area contributed by atoms with Crippen LogP contribution < -0.4 is 5.32 Å². The third kappa shape index (κ3) is 29.7. The molecule has 0 radical (unpaired) electrons. The van der Waals surface area contributed by atoms with Crippen LogP contribution in [-0.2, 0) is 14.9 Å². The number of carbonyl (C=O) groups is 1. The molecule has 1 amide bonds. The van der Waals surface area contributed by atoms with Gasteiger partial charge in [0.05, 0.1) is 17.9 Å². The Bertz CT molecular complexity index is 773. The number of aliphatic hydroxyl groups excluding tert-OH is 2. The lowest BCUT2D eigenvalue weighted by Gasteiger charge is -2.24. The van der Waals surface area contributed by atoms with Crippen molar-refractivity contribution < 1.29 is 28.0 Å². The van der Waals surface area contributed by atoms with Crippen molar-refractivity contribution in [1.29, 1.82) is 0 Å². The van der Waals surface area contributed by atoms with Crippen LogP contribution in [-0.4, -0.2) is 53.1 Å². The van der Waals surface area contributed by atoms with E-state index in [9.17, 15) is 28.0 Å². The molecule has 0 heterocycles. The zero-order valence-corrected chi connectivity index (χ0v) is 29.5. The Morgan fingerprint density at radius 1 is 0.591 bits per heavy atom. The Labute approximate surface area is 272 Å². The molecule has 3 atom stereocenters. The van der Waals surface area contributed by atoms with Gasteiger partial charge in [-0.2, -0.15) is 8.42 Å². The first-order valence-corrected chi connectivity index (χ1v) is 20.1. The molecule has 0 rings (SSSR count). The number of allylic oxidation sites excluding steroid dienone is 2. The fourth-order valence-electron chi connectivity index (χ4n) is 5.69. The maximum Gasteiger partial charge on any atom is 0.266 e. The minimum atomic E-state index is -4.40. The highest BCUT2D eigenvalue weighted by molar-refractivity contribution is 7.85. The summed E-state index contributed by atoms with van der Waals surface area (Å²) in [5.74, 6) is -1.46. The van der Waals surface area contributed by atoms with Crippen molar-refractivity contribution in [1.82, 2.24) is 5.32 Å². The van der Waals surface area contributed by atoms with Crippen LogP contribution in [0, 0.1) is 0 Å². The second kappa shape index (κ2) is 30.7. The number of hydrogen-bond donors (Lipinski definition) is 4. The Kier molecular flexibility index (Phi) is 30.0. The van der Waals surface area contributed by atoms with Crippen molar-refractivity contribution in [3.8, 4) is 0 Å². The number of carbonyl (C=O) groups excluding carboxylic acids is 1. The summed E-state index contributed by atoms with van der Waals surface area (Å²) in [4.78, 5) is 12.5. The fourth-order valence-corrected chi connectivity index (χ4v) is 6.45. The van der Waals surface area contributed by atoms with Crippen molar-refractivity contribution in [3.05, 3.63) is 12.2 Å². The summed E-state index contributed by atoms with van der Waals surface area (Å²) in [6, 6.07) is -1.14. The van der Waals surface area contributed by atoms with Crippen LogP contribution in [0.1, 0.15) is 187 Å². The van der Waals surface area contributed by atoms with Crippen molar-refractivity contribution in [2.75, 3.05) is 5.75 Å². The van der Waals surface area contributed by atoms with Gasteiger partial charge in [0.25, 0.3) is 10.1 Å². The third-order valence-electron chi connectivity index (χ3n) is 8.58. The molecule has 0 bridgehead atoms. The number of hydrogen-bond acceptors (Lipinski definition) is 5. The molecule has 0 aromatic rings. The highest BCUT2D eigenvalue weighted by Gasteiger charge is 2.28. The molecule has 0 spiro atoms. The fraction of sp³-hybridized carbons (Fsp3) is 0.917. The van der Waals surface area contributed by atoms with Crippen LogP contribution in [0.4, 0.5) is 0 Å². The molecular weight excluding hydrogens is 574 g/mol. The van der Waals surface area contributed by atoms with E-state index in [1.54, 1.807) is 0 Å². The van der Waals surface area contributed by atoms with Crippen LogP contribution in [0.3, 0.4) is 0 Å². The Hall–Kier alpha value is -0.960. The maximum absolute atomic E-state index is 12.5. The number of nitrogens with one attached hydrogen (secondary N) is 1. The van der Waals surface area contributed by atoms with E-state index < -0.39 is 40.0 Å². The zero-order chi connectivity index (χ0) is 32.7. The molecule has 0 saturated heterocycles. The smallest absolute Gasteiger partial charge is 0.266 e. The van der Waals surface area contributed by atoms with Crippen LogP contribution in [0.15, 0.2) is 12.2 Å². The van der Waals surface area contributed by atoms with Gasteiger partial charge in [0.1, 0.15) is 6.10 Å². The molecule has 4 N–H and O–H groups in total. The normalized spacial score (nSPS) is 14.2. The van der Waals surface area contributed by atoms with E-state index in [-0.39, 0.29) is 0 Å². The van der Waals surface area contributed by atoms with Gasteiger partial charge in [0.15, 0.2) is 0 Å². The van der Waals surface area contributed by atoms with Crippen molar-refractivity contribution in [2.45, 2.75) is 205 Å². The lowest BCUT2D eigenvalue weighted by molar-refractivity contribution is -0.131. The molecule has 0 fully saturated rings. The predicted octanol–water partition coefficient (Wildman–Crippen LogP) is 9.21. The summed E-state index contributed by atoms with van der Waals surface area (Å²) in [6.45, 7) is 4.46. The van der Waals surface area contributed by atoms with Gasteiger partial charge in [-0.15, -0.1) is 0 Å². The summed E-state index contributed by atoms with van der Waals surface area (Å²) in [5, 5.41) is 23.4. The lowest BCUT2D eigenvalue weighted by atomic mass is 10.0.